The molecule has 0 aromatic carbocycles. The summed E-state index contributed by atoms with van der Waals surface area (Å²) in [6, 6.07) is 6.77. The van der Waals surface area contributed by atoms with Crippen LogP contribution in [0.2, 0.25) is 0 Å². The first-order chi connectivity index (χ1) is 7.72. The molecule has 88 valence electrons. The molecule has 2 heterocycles. The molecule has 2 unspecified atom stereocenters. The van der Waals surface area contributed by atoms with Crippen LogP contribution in [0.4, 0.5) is 11.6 Å². The maximum atomic E-state index is 4.61. The lowest BCUT2D eigenvalue weighted by Crippen LogP contribution is -2.42. The van der Waals surface area contributed by atoms with Crippen molar-refractivity contribution in [3.63, 3.8) is 0 Å². The molecule has 0 amide bonds. The number of nitrogens with zero attached hydrogens (tertiary/aromatic N) is 2. The molecule has 1 fully saturated rings. The molecule has 0 radical (unpaired) electrons. The Bertz CT molecular complexity index is 351. The highest BCUT2D eigenvalue weighted by molar-refractivity contribution is 5.47. The summed E-state index contributed by atoms with van der Waals surface area (Å²) >= 11 is 0. The van der Waals surface area contributed by atoms with E-state index in [-0.39, 0.29) is 0 Å². The van der Waals surface area contributed by atoms with Crippen molar-refractivity contribution in [3.05, 3.63) is 18.2 Å². The van der Waals surface area contributed by atoms with Gasteiger partial charge in [0.05, 0.1) is 0 Å². The van der Waals surface area contributed by atoms with Crippen LogP contribution in [0.5, 0.6) is 0 Å². The third-order valence-electron chi connectivity index (χ3n) is 3.66. The monoisotopic (exact) mass is 219 g/mol. The quantitative estimate of drug-likeness (QED) is 0.829. The molecule has 1 N–H and O–H groups in total. The average Bonchev–Trinajstić information content (AvgIpc) is 2.33. The highest BCUT2D eigenvalue weighted by atomic mass is 15.2. The molecule has 0 spiro atoms. The van der Waals surface area contributed by atoms with E-state index < -0.39 is 0 Å². The fourth-order valence-electron chi connectivity index (χ4n) is 2.38. The van der Waals surface area contributed by atoms with Gasteiger partial charge in [0, 0.05) is 19.6 Å². The standard InChI is InChI=1S/C13H21N3/c1-10-6-5-9-16(11(10)2)13-8-4-7-12(14-3)15-13/h4,7-8,10-11H,5-6,9H2,1-3H3,(H,14,15). The Morgan fingerprint density at radius 3 is 2.94 bits per heavy atom. The zero-order chi connectivity index (χ0) is 11.5. The number of hydrogen-bond donors (Lipinski definition) is 1. The summed E-state index contributed by atoms with van der Waals surface area (Å²) < 4.78 is 0. The topological polar surface area (TPSA) is 28.2 Å². The maximum absolute atomic E-state index is 4.61. The molecule has 0 bridgehead atoms. The second kappa shape index (κ2) is 4.73. The van der Waals surface area contributed by atoms with E-state index in [1.165, 1.54) is 12.8 Å². The van der Waals surface area contributed by atoms with E-state index in [0.717, 1.165) is 24.1 Å². The largest absolute Gasteiger partial charge is 0.373 e. The first kappa shape index (κ1) is 11.2. The van der Waals surface area contributed by atoms with Crippen molar-refractivity contribution >= 4 is 11.6 Å². The molecule has 2 atom stereocenters. The summed E-state index contributed by atoms with van der Waals surface area (Å²) in [4.78, 5) is 7.04. The Morgan fingerprint density at radius 2 is 2.19 bits per heavy atom. The fourth-order valence-corrected chi connectivity index (χ4v) is 2.38. The van der Waals surface area contributed by atoms with Crippen LogP contribution in [-0.4, -0.2) is 24.6 Å². The Morgan fingerprint density at radius 1 is 1.38 bits per heavy atom. The molecule has 1 aromatic rings. The summed E-state index contributed by atoms with van der Waals surface area (Å²) in [6.07, 6.45) is 2.61. The Labute approximate surface area is 97.9 Å². The van der Waals surface area contributed by atoms with Crippen LogP contribution in [0.25, 0.3) is 0 Å². The van der Waals surface area contributed by atoms with Crippen LogP contribution in [0, 0.1) is 5.92 Å². The van der Waals surface area contributed by atoms with Crippen molar-refractivity contribution in [2.24, 2.45) is 5.92 Å². The second-order valence-electron chi connectivity index (χ2n) is 4.68. The van der Waals surface area contributed by atoms with Crippen molar-refractivity contribution in [2.75, 3.05) is 23.8 Å². The minimum atomic E-state index is 0.591. The van der Waals surface area contributed by atoms with Gasteiger partial charge in [-0.05, 0) is 37.8 Å². The molecule has 1 aliphatic rings. The predicted molar refractivity (Wildman–Crippen MR) is 69.0 cm³/mol. The minimum absolute atomic E-state index is 0.591. The van der Waals surface area contributed by atoms with Crippen LogP contribution < -0.4 is 10.2 Å². The lowest BCUT2D eigenvalue weighted by atomic mass is 9.92. The zero-order valence-electron chi connectivity index (χ0n) is 10.4. The third kappa shape index (κ3) is 2.13. The molecule has 0 saturated carbocycles. The first-order valence-corrected chi connectivity index (χ1v) is 6.14. The molecule has 3 heteroatoms. The van der Waals surface area contributed by atoms with Gasteiger partial charge in [0.1, 0.15) is 11.6 Å². The summed E-state index contributed by atoms with van der Waals surface area (Å²) in [7, 11) is 1.91. The number of nitrogens with one attached hydrogen (secondary N) is 1. The lowest BCUT2D eigenvalue weighted by molar-refractivity contribution is 0.361. The van der Waals surface area contributed by atoms with E-state index in [1.807, 2.05) is 13.1 Å². The van der Waals surface area contributed by atoms with E-state index in [4.69, 9.17) is 0 Å². The van der Waals surface area contributed by atoms with Crippen LogP contribution in [0.15, 0.2) is 18.2 Å². The average molecular weight is 219 g/mol. The van der Waals surface area contributed by atoms with E-state index in [9.17, 15) is 0 Å². The number of pyridine rings is 1. The minimum Gasteiger partial charge on any atom is -0.373 e. The van der Waals surface area contributed by atoms with Gasteiger partial charge >= 0.3 is 0 Å². The van der Waals surface area contributed by atoms with Crippen molar-refractivity contribution in [3.8, 4) is 0 Å². The first-order valence-electron chi connectivity index (χ1n) is 6.14. The van der Waals surface area contributed by atoms with Gasteiger partial charge in [0.2, 0.25) is 0 Å². The van der Waals surface area contributed by atoms with Gasteiger partial charge in [0.25, 0.3) is 0 Å². The number of aromatic nitrogens is 1. The number of piperidine rings is 1. The van der Waals surface area contributed by atoms with Crippen LogP contribution in [-0.2, 0) is 0 Å². The molecule has 1 aromatic heterocycles. The van der Waals surface area contributed by atoms with Gasteiger partial charge < -0.3 is 10.2 Å². The van der Waals surface area contributed by atoms with E-state index in [0.29, 0.717) is 6.04 Å². The Hall–Kier alpha value is -1.25. The molecular formula is C13H21N3. The summed E-state index contributed by atoms with van der Waals surface area (Å²) in [5.74, 6) is 2.81. The smallest absolute Gasteiger partial charge is 0.131 e. The van der Waals surface area contributed by atoms with E-state index in [2.05, 4.69) is 41.2 Å². The molecule has 1 aliphatic heterocycles. The normalized spacial score (nSPS) is 25.6. The molecular weight excluding hydrogens is 198 g/mol. The van der Waals surface area contributed by atoms with Gasteiger partial charge in [0.15, 0.2) is 0 Å². The van der Waals surface area contributed by atoms with Crippen molar-refractivity contribution in [1.82, 2.24) is 4.98 Å². The number of hydrogen-bond acceptors (Lipinski definition) is 3. The van der Waals surface area contributed by atoms with Gasteiger partial charge in [-0.15, -0.1) is 0 Å². The Kier molecular flexibility index (Phi) is 3.32. The zero-order valence-corrected chi connectivity index (χ0v) is 10.4. The third-order valence-corrected chi connectivity index (χ3v) is 3.66. The second-order valence-corrected chi connectivity index (χ2v) is 4.68. The van der Waals surface area contributed by atoms with Crippen molar-refractivity contribution in [1.29, 1.82) is 0 Å². The van der Waals surface area contributed by atoms with Crippen LogP contribution in [0.3, 0.4) is 0 Å². The summed E-state index contributed by atoms with van der Waals surface area (Å²) in [5.41, 5.74) is 0. The van der Waals surface area contributed by atoms with Crippen molar-refractivity contribution in [2.45, 2.75) is 32.7 Å². The molecule has 0 aliphatic carbocycles. The predicted octanol–water partition coefficient (Wildman–Crippen LogP) is 2.75. The molecule has 16 heavy (non-hydrogen) atoms. The SMILES string of the molecule is CNc1cccc(N2CCCC(C)C2C)n1. The summed E-state index contributed by atoms with van der Waals surface area (Å²) in [6.45, 7) is 5.77. The number of anilines is 2. The molecule has 2 rings (SSSR count). The maximum Gasteiger partial charge on any atom is 0.131 e. The summed E-state index contributed by atoms with van der Waals surface area (Å²) in [5, 5.41) is 3.09. The van der Waals surface area contributed by atoms with Gasteiger partial charge in [-0.25, -0.2) is 4.98 Å². The fraction of sp³-hybridized carbons (Fsp3) is 0.615. The highest BCUT2D eigenvalue weighted by Crippen LogP contribution is 2.27. The molecule has 1 saturated heterocycles. The van der Waals surface area contributed by atoms with Gasteiger partial charge in [-0.1, -0.05) is 13.0 Å². The van der Waals surface area contributed by atoms with Gasteiger partial charge in [-0.2, -0.15) is 0 Å². The van der Waals surface area contributed by atoms with E-state index in [1.54, 1.807) is 0 Å². The van der Waals surface area contributed by atoms with E-state index >= 15 is 0 Å². The number of rotatable bonds is 2. The van der Waals surface area contributed by atoms with Gasteiger partial charge in [-0.3, -0.25) is 0 Å². The highest BCUT2D eigenvalue weighted by Gasteiger charge is 2.25. The van der Waals surface area contributed by atoms with Crippen LogP contribution in [0.1, 0.15) is 26.7 Å². The van der Waals surface area contributed by atoms with Crippen molar-refractivity contribution < 1.29 is 0 Å². The Balaban J connectivity index is 2.21. The van der Waals surface area contributed by atoms with Crippen LogP contribution >= 0.6 is 0 Å². The molecule has 3 nitrogen and oxygen atoms in total. The lowest BCUT2D eigenvalue weighted by Gasteiger charge is -2.38.